The molecule has 1 aliphatic heterocycles. The minimum Gasteiger partial charge on any atom is -0.456 e. The summed E-state index contributed by atoms with van der Waals surface area (Å²) in [5.41, 5.74) is 7.81. The molecule has 0 saturated carbocycles. The molecule has 1 aliphatic rings. The van der Waals surface area contributed by atoms with Crippen LogP contribution in [-0.4, -0.2) is 22.9 Å². The SMILES string of the molecule is CC1(C)OB(c2ccc3oc4ccc(-n5c6ccccc6c6cc(-c7ccccc7)ccc65)cc4c3c2)OC1(C)C. The summed E-state index contributed by atoms with van der Waals surface area (Å²) in [5, 5.41) is 4.60. The van der Waals surface area contributed by atoms with Crippen LogP contribution in [0.5, 0.6) is 0 Å². The van der Waals surface area contributed by atoms with E-state index in [1.807, 2.05) is 12.1 Å². The molecule has 8 rings (SSSR count). The third-order valence-electron chi connectivity index (χ3n) is 9.04. The van der Waals surface area contributed by atoms with Crippen LogP contribution < -0.4 is 5.46 Å². The Bertz CT molecular complexity index is 2100. The zero-order valence-corrected chi connectivity index (χ0v) is 23.6. The summed E-state index contributed by atoms with van der Waals surface area (Å²) >= 11 is 0. The number of hydrogen-bond donors (Lipinski definition) is 0. The molecule has 2 aromatic heterocycles. The molecule has 5 heteroatoms. The number of benzene rings is 5. The third-order valence-corrected chi connectivity index (χ3v) is 9.04. The van der Waals surface area contributed by atoms with Crippen LogP contribution in [0.1, 0.15) is 27.7 Å². The Hall–Kier alpha value is -4.32. The average molecular weight is 535 g/mol. The van der Waals surface area contributed by atoms with Gasteiger partial charge >= 0.3 is 7.12 Å². The molecule has 0 radical (unpaired) electrons. The van der Waals surface area contributed by atoms with E-state index in [-0.39, 0.29) is 0 Å². The Morgan fingerprint density at radius 2 is 1.20 bits per heavy atom. The maximum Gasteiger partial charge on any atom is 0.494 e. The number of para-hydroxylation sites is 1. The van der Waals surface area contributed by atoms with E-state index in [0.717, 1.165) is 33.1 Å². The zero-order valence-electron chi connectivity index (χ0n) is 23.6. The summed E-state index contributed by atoms with van der Waals surface area (Å²) < 4.78 is 21.3. The van der Waals surface area contributed by atoms with E-state index in [1.54, 1.807) is 0 Å². The van der Waals surface area contributed by atoms with Crippen LogP contribution in [0, 0.1) is 0 Å². The number of aromatic nitrogens is 1. The fraction of sp³-hybridized carbons (Fsp3) is 0.167. The Morgan fingerprint density at radius 1 is 0.537 bits per heavy atom. The third kappa shape index (κ3) is 3.69. The van der Waals surface area contributed by atoms with Gasteiger partial charge in [0.15, 0.2) is 0 Å². The number of hydrogen-bond acceptors (Lipinski definition) is 3. The highest BCUT2D eigenvalue weighted by Crippen LogP contribution is 2.39. The first-order chi connectivity index (χ1) is 19.8. The van der Waals surface area contributed by atoms with Gasteiger partial charge in [-0.05, 0) is 86.7 Å². The molecule has 5 aromatic carbocycles. The van der Waals surface area contributed by atoms with Crippen LogP contribution in [0.25, 0.3) is 60.6 Å². The van der Waals surface area contributed by atoms with Crippen LogP contribution in [0.2, 0.25) is 0 Å². The Kier molecular flexibility index (Phi) is 5.13. The van der Waals surface area contributed by atoms with E-state index in [9.17, 15) is 0 Å². The standard InChI is InChI=1S/C36H30BNO3/c1-35(2)36(3,4)41-37(40-35)25-15-18-33-29(21-25)30-22-26(16-19-34(30)39-33)38-31-13-9-8-12-27(31)28-20-24(14-17-32(28)38)23-10-6-5-7-11-23/h5-22H,1-4H3. The van der Waals surface area contributed by atoms with Crippen molar-refractivity contribution >= 4 is 56.3 Å². The van der Waals surface area contributed by atoms with E-state index in [1.165, 1.54) is 32.9 Å². The average Bonchev–Trinajstić information content (AvgIpc) is 3.58. The second kappa shape index (κ2) is 8.59. The van der Waals surface area contributed by atoms with Crippen molar-refractivity contribution in [3.63, 3.8) is 0 Å². The van der Waals surface area contributed by atoms with Crippen molar-refractivity contribution in [3.8, 4) is 16.8 Å². The zero-order chi connectivity index (χ0) is 27.9. The quantitative estimate of drug-likeness (QED) is 0.213. The number of nitrogens with zero attached hydrogens (tertiary/aromatic N) is 1. The highest BCUT2D eigenvalue weighted by molar-refractivity contribution is 6.62. The van der Waals surface area contributed by atoms with Crippen LogP contribution >= 0.6 is 0 Å². The normalized spacial score (nSPS) is 16.4. The van der Waals surface area contributed by atoms with E-state index >= 15 is 0 Å². The fourth-order valence-corrected chi connectivity index (χ4v) is 6.11. The summed E-state index contributed by atoms with van der Waals surface area (Å²) in [6, 6.07) is 38.7. The second-order valence-electron chi connectivity index (χ2n) is 12.1. The molecule has 1 saturated heterocycles. The highest BCUT2D eigenvalue weighted by Gasteiger charge is 2.51. The molecule has 0 N–H and O–H groups in total. The van der Waals surface area contributed by atoms with Gasteiger partial charge in [0.25, 0.3) is 0 Å². The molecule has 3 heterocycles. The number of fused-ring (bicyclic) bond motifs is 6. The summed E-state index contributed by atoms with van der Waals surface area (Å²) in [6.45, 7) is 8.33. The summed E-state index contributed by atoms with van der Waals surface area (Å²) in [4.78, 5) is 0. The van der Waals surface area contributed by atoms with E-state index < -0.39 is 18.3 Å². The Labute approximate surface area is 239 Å². The molecule has 0 unspecified atom stereocenters. The van der Waals surface area contributed by atoms with Gasteiger partial charge in [-0.2, -0.15) is 0 Å². The number of furan rings is 1. The van der Waals surface area contributed by atoms with Crippen molar-refractivity contribution in [2.75, 3.05) is 0 Å². The maximum absolute atomic E-state index is 6.35. The highest BCUT2D eigenvalue weighted by atomic mass is 16.7. The van der Waals surface area contributed by atoms with E-state index in [0.29, 0.717) is 0 Å². The lowest BCUT2D eigenvalue weighted by molar-refractivity contribution is 0.00578. The van der Waals surface area contributed by atoms with E-state index in [2.05, 4.69) is 129 Å². The molecule has 0 bridgehead atoms. The van der Waals surface area contributed by atoms with Gasteiger partial charge in [-0.1, -0.05) is 66.7 Å². The Morgan fingerprint density at radius 3 is 1.98 bits per heavy atom. The van der Waals surface area contributed by atoms with Crippen molar-refractivity contribution in [2.45, 2.75) is 38.9 Å². The van der Waals surface area contributed by atoms with Gasteiger partial charge in [0.2, 0.25) is 0 Å². The molecule has 0 spiro atoms. The van der Waals surface area contributed by atoms with E-state index in [4.69, 9.17) is 13.7 Å². The van der Waals surface area contributed by atoms with Gasteiger partial charge in [0.1, 0.15) is 11.2 Å². The number of rotatable bonds is 3. The lowest BCUT2D eigenvalue weighted by Gasteiger charge is -2.32. The van der Waals surface area contributed by atoms with Crippen molar-refractivity contribution in [1.29, 1.82) is 0 Å². The van der Waals surface area contributed by atoms with Crippen LogP contribution in [0.3, 0.4) is 0 Å². The predicted octanol–water partition coefficient (Wildman–Crippen LogP) is 8.65. The smallest absolute Gasteiger partial charge is 0.456 e. The molecule has 0 amide bonds. The van der Waals surface area contributed by atoms with Crippen molar-refractivity contribution in [2.24, 2.45) is 0 Å². The van der Waals surface area contributed by atoms with Gasteiger partial charge in [0, 0.05) is 27.2 Å². The monoisotopic (exact) mass is 535 g/mol. The lowest BCUT2D eigenvalue weighted by atomic mass is 9.78. The summed E-state index contributed by atoms with van der Waals surface area (Å²) in [7, 11) is -0.423. The molecule has 0 aliphatic carbocycles. The lowest BCUT2D eigenvalue weighted by Crippen LogP contribution is -2.41. The Balaban J connectivity index is 1.30. The van der Waals surface area contributed by atoms with Gasteiger partial charge < -0.3 is 18.3 Å². The minimum absolute atomic E-state index is 0.394. The summed E-state index contributed by atoms with van der Waals surface area (Å²) in [5.74, 6) is 0. The van der Waals surface area contributed by atoms with Crippen LogP contribution in [-0.2, 0) is 9.31 Å². The van der Waals surface area contributed by atoms with Gasteiger partial charge in [0.05, 0.1) is 22.2 Å². The molecular formula is C36H30BNO3. The molecule has 7 aromatic rings. The molecule has 4 nitrogen and oxygen atoms in total. The minimum atomic E-state index is -0.423. The summed E-state index contributed by atoms with van der Waals surface area (Å²) in [6.07, 6.45) is 0. The van der Waals surface area contributed by atoms with Gasteiger partial charge in [-0.15, -0.1) is 0 Å². The fourth-order valence-electron chi connectivity index (χ4n) is 6.11. The molecule has 41 heavy (non-hydrogen) atoms. The largest absolute Gasteiger partial charge is 0.494 e. The molecule has 200 valence electrons. The molecular weight excluding hydrogens is 505 g/mol. The second-order valence-corrected chi connectivity index (χ2v) is 12.1. The van der Waals surface area contributed by atoms with Crippen LogP contribution in [0.15, 0.2) is 114 Å². The topological polar surface area (TPSA) is 36.5 Å². The first kappa shape index (κ1) is 24.5. The van der Waals surface area contributed by atoms with Gasteiger partial charge in [-0.25, -0.2) is 0 Å². The van der Waals surface area contributed by atoms with Gasteiger partial charge in [-0.3, -0.25) is 0 Å². The molecule has 0 atom stereocenters. The predicted molar refractivity (Wildman–Crippen MR) is 169 cm³/mol. The first-order valence-electron chi connectivity index (χ1n) is 14.2. The first-order valence-corrected chi connectivity index (χ1v) is 14.2. The maximum atomic E-state index is 6.35. The van der Waals surface area contributed by atoms with Crippen LogP contribution in [0.4, 0.5) is 0 Å². The van der Waals surface area contributed by atoms with Crippen molar-refractivity contribution in [3.05, 3.63) is 109 Å². The molecule has 1 fully saturated rings. The van der Waals surface area contributed by atoms with Crippen molar-refractivity contribution < 1.29 is 13.7 Å². The van der Waals surface area contributed by atoms with Crippen molar-refractivity contribution in [1.82, 2.24) is 4.57 Å².